The lowest BCUT2D eigenvalue weighted by molar-refractivity contribution is 0.602. The van der Waals surface area contributed by atoms with Gasteiger partial charge in [-0.3, -0.25) is 0 Å². The van der Waals surface area contributed by atoms with Crippen LogP contribution in [-0.4, -0.2) is 21.2 Å². The van der Waals surface area contributed by atoms with Gasteiger partial charge in [0, 0.05) is 12.8 Å². The van der Waals surface area contributed by atoms with Crippen molar-refractivity contribution in [2.24, 2.45) is 0 Å². The van der Waals surface area contributed by atoms with Crippen molar-refractivity contribution in [3.63, 3.8) is 0 Å². The Kier molecular flexibility index (Phi) is 4.53. The molecule has 0 aliphatic rings. The summed E-state index contributed by atoms with van der Waals surface area (Å²) in [6.45, 7) is 2.77. The van der Waals surface area contributed by atoms with Crippen LogP contribution in [-0.2, 0) is 16.3 Å². The van der Waals surface area contributed by atoms with Gasteiger partial charge in [0.1, 0.15) is 0 Å². The topological polar surface area (TPSA) is 72.2 Å². The van der Waals surface area contributed by atoms with E-state index in [4.69, 9.17) is 5.73 Å². The van der Waals surface area contributed by atoms with Crippen LogP contribution in [0, 0.1) is 6.92 Å². The zero-order valence-corrected chi connectivity index (χ0v) is 13.1. The molecule has 4 nitrogen and oxygen atoms in total. The van der Waals surface area contributed by atoms with E-state index in [1.54, 1.807) is 12.1 Å². The van der Waals surface area contributed by atoms with Gasteiger partial charge in [0.15, 0.2) is 9.84 Å². The van der Waals surface area contributed by atoms with Crippen molar-refractivity contribution in [3.05, 3.63) is 53.6 Å². The van der Waals surface area contributed by atoms with Crippen molar-refractivity contribution in [2.75, 3.05) is 23.9 Å². The number of sulfone groups is 1. The molecule has 2 rings (SSSR count). The zero-order valence-electron chi connectivity index (χ0n) is 12.3. The summed E-state index contributed by atoms with van der Waals surface area (Å²) in [6, 6.07) is 13.2. The van der Waals surface area contributed by atoms with Gasteiger partial charge < -0.3 is 11.1 Å². The van der Waals surface area contributed by atoms with Crippen LogP contribution in [0.1, 0.15) is 11.1 Å². The Morgan fingerprint density at radius 3 is 2.48 bits per heavy atom. The predicted octanol–water partition coefficient (Wildman–Crippen LogP) is 2.64. The second kappa shape index (κ2) is 6.18. The first kappa shape index (κ1) is 15.4. The Bertz CT molecular complexity index is 740. The number of rotatable bonds is 5. The van der Waals surface area contributed by atoms with E-state index in [1.165, 1.54) is 17.2 Å². The van der Waals surface area contributed by atoms with Crippen LogP contribution in [0.2, 0.25) is 0 Å². The van der Waals surface area contributed by atoms with Crippen molar-refractivity contribution in [2.45, 2.75) is 18.2 Å². The standard InChI is InChI=1S/C16H20N2O2S/c1-12-6-3-4-7-13(12)10-11-18-14-8-5-9-15(16(14)17)21(2,19)20/h3-9,18H,10-11,17H2,1-2H3. The molecule has 0 heterocycles. The first-order valence-electron chi connectivity index (χ1n) is 6.76. The number of anilines is 2. The van der Waals surface area contributed by atoms with Crippen LogP contribution in [0.25, 0.3) is 0 Å². The highest BCUT2D eigenvalue weighted by molar-refractivity contribution is 7.90. The molecular weight excluding hydrogens is 284 g/mol. The Balaban J connectivity index is 2.10. The minimum Gasteiger partial charge on any atom is -0.396 e. The summed E-state index contributed by atoms with van der Waals surface area (Å²) in [6.07, 6.45) is 2.02. The van der Waals surface area contributed by atoms with Crippen molar-refractivity contribution in [3.8, 4) is 0 Å². The van der Waals surface area contributed by atoms with E-state index in [-0.39, 0.29) is 10.6 Å². The van der Waals surface area contributed by atoms with Gasteiger partial charge in [0.2, 0.25) is 0 Å². The quantitative estimate of drug-likeness (QED) is 0.833. The molecule has 0 aromatic heterocycles. The summed E-state index contributed by atoms with van der Waals surface area (Å²) in [5.41, 5.74) is 9.39. The van der Waals surface area contributed by atoms with Gasteiger partial charge in [-0.2, -0.15) is 0 Å². The minimum absolute atomic E-state index is 0.170. The lowest BCUT2D eigenvalue weighted by Gasteiger charge is -2.12. The third kappa shape index (κ3) is 3.76. The highest BCUT2D eigenvalue weighted by Crippen LogP contribution is 2.26. The number of para-hydroxylation sites is 1. The smallest absolute Gasteiger partial charge is 0.177 e. The highest BCUT2D eigenvalue weighted by atomic mass is 32.2. The van der Waals surface area contributed by atoms with E-state index in [1.807, 2.05) is 12.1 Å². The summed E-state index contributed by atoms with van der Waals surface area (Å²) in [5, 5.41) is 3.21. The zero-order chi connectivity index (χ0) is 15.5. The summed E-state index contributed by atoms with van der Waals surface area (Å²) >= 11 is 0. The van der Waals surface area contributed by atoms with E-state index in [9.17, 15) is 8.42 Å². The van der Waals surface area contributed by atoms with E-state index in [2.05, 4.69) is 24.4 Å². The maximum atomic E-state index is 11.6. The van der Waals surface area contributed by atoms with E-state index >= 15 is 0 Å². The number of nitrogen functional groups attached to an aromatic ring is 1. The van der Waals surface area contributed by atoms with E-state index < -0.39 is 9.84 Å². The molecule has 0 unspecified atom stereocenters. The van der Waals surface area contributed by atoms with Gasteiger partial charge in [-0.15, -0.1) is 0 Å². The van der Waals surface area contributed by atoms with Gasteiger partial charge in [0.25, 0.3) is 0 Å². The fourth-order valence-electron chi connectivity index (χ4n) is 2.24. The second-order valence-electron chi connectivity index (χ2n) is 5.09. The summed E-state index contributed by atoms with van der Waals surface area (Å²) < 4.78 is 23.3. The lowest BCUT2D eigenvalue weighted by atomic mass is 10.1. The molecule has 112 valence electrons. The maximum Gasteiger partial charge on any atom is 0.177 e. The van der Waals surface area contributed by atoms with Crippen LogP contribution in [0.3, 0.4) is 0 Å². The first-order valence-corrected chi connectivity index (χ1v) is 8.65. The number of aryl methyl sites for hydroxylation is 1. The Morgan fingerprint density at radius 1 is 1.10 bits per heavy atom. The molecule has 0 radical (unpaired) electrons. The molecule has 2 aromatic rings. The summed E-state index contributed by atoms with van der Waals surface area (Å²) in [7, 11) is -3.30. The lowest BCUT2D eigenvalue weighted by Crippen LogP contribution is -2.10. The third-order valence-corrected chi connectivity index (χ3v) is 4.59. The molecular formula is C16H20N2O2S. The van der Waals surface area contributed by atoms with Gasteiger partial charge in [0.05, 0.1) is 16.3 Å². The molecule has 0 fully saturated rings. The molecule has 21 heavy (non-hydrogen) atoms. The van der Waals surface area contributed by atoms with Crippen molar-refractivity contribution >= 4 is 21.2 Å². The molecule has 0 spiro atoms. The van der Waals surface area contributed by atoms with Crippen LogP contribution >= 0.6 is 0 Å². The van der Waals surface area contributed by atoms with Crippen molar-refractivity contribution < 1.29 is 8.42 Å². The highest BCUT2D eigenvalue weighted by Gasteiger charge is 2.13. The Morgan fingerprint density at radius 2 is 1.81 bits per heavy atom. The fraction of sp³-hybridized carbons (Fsp3) is 0.250. The van der Waals surface area contributed by atoms with Crippen molar-refractivity contribution in [1.82, 2.24) is 0 Å². The van der Waals surface area contributed by atoms with E-state index in [0.717, 1.165) is 12.7 Å². The monoisotopic (exact) mass is 304 g/mol. The Hall–Kier alpha value is -2.01. The van der Waals surface area contributed by atoms with E-state index in [0.29, 0.717) is 12.2 Å². The molecule has 0 saturated carbocycles. The summed E-state index contributed by atoms with van der Waals surface area (Å²) in [4.78, 5) is 0.170. The molecule has 0 amide bonds. The van der Waals surface area contributed by atoms with Gasteiger partial charge in [-0.05, 0) is 36.6 Å². The molecule has 5 heteroatoms. The molecule has 0 aliphatic heterocycles. The number of hydrogen-bond donors (Lipinski definition) is 2. The molecule has 0 bridgehead atoms. The number of nitrogens with two attached hydrogens (primary N) is 1. The van der Waals surface area contributed by atoms with Crippen LogP contribution in [0.4, 0.5) is 11.4 Å². The van der Waals surface area contributed by atoms with Gasteiger partial charge >= 0.3 is 0 Å². The SMILES string of the molecule is Cc1ccccc1CCNc1cccc(S(C)(=O)=O)c1N. The molecule has 0 saturated heterocycles. The normalized spacial score (nSPS) is 11.3. The number of hydrogen-bond acceptors (Lipinski definition) is 4. The van der Waals surface area contributed by atoms with Crippen LogP contribution in [0.15, 0.2) is 47.4 Å². The van der Waals surface area contributed by atoms with Gasteiger partial charge in [-0.25, -0.2) is 8.42 Å². The van der Waals surface area contributed by atoms with Crippen molar-refractivity contribution in [1.29, 1.82) is 0 Å². The number of nitrogens with one attached hydrogen (secondary N) is 1. The fourth-order valence-corrected chi connectivity index (χ4v) is 3.08. The van der Waals surface area contributed by atoms with Crippen LogP contribution in [0.5, 0.6) is 0 Å². The molecule has 0 atom stereocenters. The largest absolute Gasteiger partial charge is 0.396 e. The first-order chi connectivity index (χ1) is 9.89. The maximum absolute atomic E-state index is 11.6. The van der Waals surface area contributed by atoms with Crippen LogP contribution < -0.4 is 11.1 Å². The third-order valence-electron chi connectivity index (χ3n) is 3.44. The second-order valence-corrected chi connectivity index (χ2v) is 7.08. The molecule has 0 aliphatic carbocycles. The molecule has 2 aromatic carbocycles. The summed E-state index contributed by atoms with van der Waals surface area (Å²) in [5.74, 6) is 0. The average Bonchev–Trinajstić information content (AvgIpc) is 2.41. The Labute approximate surface area is 125 Å². The average molecular weight is 304 g/mol. The molecule has 3 N–H and O–H groups in total. The van der Waals surface area contributed by atoms with Gasteiger partial charge in [-0.1, -0.05) is 30.3 Å². The minimum atomic E-state index is -3.30. The predicted molar refractivity (Wildman–Crippen MR) is 87.3 cm³/mol. The number of benzene rings is 2.